The van der Waals surface area contributed by atoms with Gasteiger partial charge in [0.25, 0.3) is 0 Å². The Morgan fingerprint density at radius 1 is 1.25 bits per heavy atom. The molecule has 1 amide bonds. The second-order valence-corrected chi connectivity index (χ2v) is 8.92. The van der Waals surface area contributed by atoms with Crippen LogP contribution in [0.3, 0.4) is 0 Å². The molecule has 1 aromatic carbocycles. The number of nitrogens with zero attached hydrogens (tertiary/aromatic N) is 1. The second-order valence-electron chi connectivity index (χ2n) is 8.92. The molecule has 0 aromatic heterocycles. The highest BCUT2D eigenvalue weighted by atomic mass is 16.6. The van der Waals surface area contributed by atoms with E-state index in [9.17, 15) is 14.4 Å². The van der Waals surface area contributed by atoms with Crippen molar-refractivity contribution in [3.63, 3.8) is 0 Å². The van der Waals surface area contributed by atoms with Crippen LogP contribution >= 0.6 is 0 Å². The molecule has 28 heavy (non-hydrogen) atoms. The van der Waals surface area contributed by atoms with Gasteiger partial charge in [0, 0.05) is 31.3 Å². The van der Waals surface area contributed by atoms with E-state index in [2.05, 4.69) is 0 Å². The molecule has 3 rings (SSSR count). The van der Waals surface area contributed by atoms with Gasteiger partial charge in [0.1, 0.15) is 23.1 Å². The summed E-state index contributed by atoms with van der Waals surface area (Å²) in [5, 5.41) is 0. The van der Waals surface area contributed by atoms with Gasteiger partial charge in [0.2, 0.25) is 5.91 Å². The van der Waals surface area contributed by atoms with E-state index in [0.29, 0.717) is 18.7 Å². The molecule has 6 heteroatoms. The summed E-state index contributed by atoms with van der Waals surface area (Å²) in [5.74, 6) is -1.33. The molecule has 3 atom stereocenters. The van der Waals surface area contributed by atoms with E-state index in [1.165, 1.54) is 0 Å². The first-order chi connectivity index (χ1) is 13.1. The van der Waals surface area contributed by atoms with Gasteiger partial charge in [-0.2, -0.15) is 0 Å². The van der Waals surface area contributed by atoms with Gasteiger partial charge in [0.15, 0.2) is 0 Å². The molecule has 0 N–H and O–H groups in total. The van der Waals surface area contributed by atoms with Crippen LogP contribution in [0.4, 0.5) is 0 Å². The first kappa shape index (κ1) is 20.4. The number of hydrogen-bond acceptors (Lipinski definition) is 5. The van der Waals surface area contributed by atoms with E-state index in [1.54, 1.807) is 39.8 Å². The number of amides is 1. The maximum absolute atomic E-state index is 13.1. The number of piperidine rings is 1. The highest BCUT2D eigenvalue weighted by molar-refractivity contribution is 6.02. The summed E-state index contributed by atoms with van der Waals surface area (Å²) in [7, 11) is 3.37. The Balaban J connectivity index is 1.99. The van der Waals surface area contributed by atoms with E-state index >= 15 is 0 Å². The van der Waals surface area contributed by atoms with Crippen molar-refractivity contribution in [2.75, 3.05) is 20.7 Å². The van der Waals surface area contributed by atoms with Crippen LogP contribution in [0.1, 0.15) is 45.6 Å². The number of hydrogen-bond donors (Lipinski definition) is 0. The lowest BCUT2D eigenvalue weighted by Crippen LogP contribution is -2.58. The number of ketones is 1. The Hall–Kier alpha value is -2.37. The number of likely N-dealkylation sites (tertiary alicyclic amines) is 1. The standard InChI is InChI=1S/C22H29NO5/c1-21(2,3)28-20(26)16-12-17-19(25)23(4)10-9-22(17,13-18(16)24)14-7-6-8-15(11-14)27-5/h6-8,11,16-17H,9-10,12-13H2,1-5H3/t16?,17-,22+/m1/s1. The number of carbonyl (C=O) groups is 3. The summed E-state index contributed by atoms with van der Waals surface area (Å²) < 4.78 is 10.8. The Morgan fingerprint density at radius 3 is 2.61 bits per heavy atom. The maximum Gasteiger partial charge on any atom is 0.317 e. The molecule has 6 nitrogen and oxygen atoms in total. The Labute approximate surface area is 166 Å². The van der Waals surface area contributed by atoms with Gasteiger partial charge >= 0.3 is 5.97 Å². The normalized spacial score (nSPS) is 28.0. The molecule has 0 spiro atoms. The van der Waals surface area contributed by atoms with Crippen molar-refractivity contribution in [3.8, 4) is 5.75 Å². The Morgan fingerprint density at radius 2 is 1.96 bits per heavy atom. The number of rotatable bonds is 3. The SMILES string of the molecule is COc1cccc([C@@]23CCN(C)C(=O)[C@H]2CC(C(=O)OC(C)(C)C)C(=O)C3)c1. The van der Waals surface area contributed by atoms with Crippen LogP contribution in [0.15, 0.2) is 24.3 Å². The van der Waals surface area contributed by atoms with Crippen LogP contribution in [0, 0.1) is 11.8 Å². The average Bonchev–Trinajstić information content (AvgIpc) is 2.63. The number of ether oxygens (including phenoxy) is 2. The van der Waals surface area contributed by atoms with Gasteiger partial charge in [-0.05, 0) is 51.3 Å². The molecule has 152 valence electrons. The zero-order chi connectivity index (χ0) is 20.7. The van der Waals surface area contributed by atoms with Gasteiger partial charge in [-0.15, -0.1) is 0 Å². The number of Topliss-reactive ketones (excluding diaryl/α,β-unsaturated/α-hetero) is 1. The quantitative estimate of drug-likeness (QED) is 0.589. The first-order valence-corrected chi connectivity index (χ1v) is 9.72. The van der Waals surface area contributed by atoms with Crippen molar-refractivity contribution in [1.29, 1.82) is 0 Å². The van der Waals surface area contributed by atoms with E-state index in [-0.39, 0.29) is 24.5 Å². The van der Waals surface area contributed by atoms with Gasteiger partial charge in [-0.25, -0.2) is 0 Å². The molecule has 1 aliphatic heterocycles. The van der Waals surface area contributed by atoms with Gasteiger partial charge in [0.05, 0.1) is 7.11 Å². The number of esters is 1. The van der Waals surface area contributed by atoms with Crippen LogP contribution < -0.4 is 4.74 Å². The Bertz CT molecular complexity index is 796. The topological polar surface area (TPSA) is 72.9 Å². The van der Waals surface area contributed by atoms with Crippen molar-refractivity contribution in [2.45, 2.75) is 51.0 Å². The fourth-order valence-corrected chi connectivity index (χ4v) is 4.47. The number of fused-ring (bicyclic) bond motifs is 1. The predicted octanol–water partition coefficient (Wildman–Crippen LogP) is 2.73. The van der Waals surface area contributed by atoms with Crippen molar-refractivity contribution in [1.82, 2.24) is 4.90 Å². The van der Waals surface area contributed by atoms with Crippen LogP contribution in [0.25, 0.3) is 0 Å². The lowest BCUT2D eigenvalue weighted by molar-refractivity contribution is -0.167. The molecule has 1 aromatic rings. The Kier molecular flexibility index (Phi) is 5.26. The van der Waals surface area contributed by atoms with E-state index in [1.807, 2.05) is 24.3 Å². The lowest BCUT2D eigenvalue weighted by atomic mass is 9.56. The van der Waals surface area contributed by atoms with Crippen LogP contribution in [-0.2, 0) is 24.5 Å². The molecule has 0 radical (unpaired) electrons. The van der Waals surface area contributed by atoms with Crippen molar-refractivity contribution < 1.29 is 23.9 Å². The lowest BCUT2D eigenvalue weighted by Gasteiger charge is -2.50. The summed E-state index contributed by atoms with van der Waals surface area (Å²) >= 11 is 0. The minimum Gasteiger partial charge on any atom is -0.497 e. The third-order valence-electron chi connectivity index (χ3n) is 5.92. The molecule has 1 unspecified atom stereocenters. The number of carbonyl (C=O) groups excluding carboxylic acids is 3. The summed E-state index contributed by atoms with van der Waals surface area (Å²) in [6.07, 6.45) is 1.03. The molecular formula is C22H29NO5. The largest absolute Gasteiger partial charge is 0.497 e. The minimum absolute atomic E-state index is 0.0184. The van der Waals surface area contributed by atoms with Gasteiger partial charge in [-0.1, -0.05) is 12.1 Å². The molecule has 2 fully saturated rings. The second kappa shape index (κ2) is 7.22. The number of benzene rings is 1. The minimum atomic E-state index is -0.890. The molecule has 1 aliphatic carbocycles. The third-order valence-corrected chi connectivity index (χ3v) is 5.92. The van der Waals surface area contributed by atoms with E-state index < -0.39 is 28.8 Å². The third kappa shape index (κ3) is 3.64. The van der Waals surface area contributed by atoms with Gasteiger partial charge < -0.3 is 14.4 Å². The predicted molar refractivity (Wildman–Crippen MR) is 104 cm³/mol. The summed E-state index contributed by atoms with van der Waals surface area (Å²) in [6.45, 7) is 5.91. The zero-order valence-electron chi connectivity index (χ0n) is 17.3. The maximum atomic E-state index is 13.1. The molecular weight excluding hydrogens is 358 g/mol. The highest BCUT2D eigenvalue weighted by Crippen LogP contribution is 2.50. The molecule has 2 aliphatic rings. The molecule has 1 saturated heterocycles. The van der Waals surface area contributed by atoms with Crippen LogP contribution in [0.2, 0.25) is 0 Å². The summed E-state index contributed by atoms with van der Waals surface area (Å²) in [5.41, 5.74) is -0.353. The van der Waals surface area contributed by atoms with Crippen molar-refractivity contribution in [2.24, 2.45) is 11.8 Å². The smallest absolute Gasteiger partial charge is 0.317 e. The van der Waals surface area contributed by atoms with Gasteiger partial charge in [-0.3, -0.25) is 14.4 Å². The number of methoxy groups -OCH3 is 1. The van der Waals surface area contributed by atoms with Crippen molar-refractivity contribution in [3.05, 3.63) is 29.8 Å². The highest BCUT2D eigenvalue weighted by Gasteiger charge is 2.56. The monoisotopic (exact) mass is 387 g/mol. The molecule has 1 heterocycles. The summed E-state index contributed by atoms with van der Waals surface area (Å²) in [4.78, 5) is 40.5. The van der Waals surface area contributed by atoms with E-state index in [0.717, 1.165) is 5.56 Å². The molecule has 0 bridgehead atoms. The fraction of sp³-hybridized carbons (Fsp3) is 0.591. The average molecular weight is 387 g/mol. The summed E-state index contributed by atoms with van der Waals surface area (Å²) in [6, 6.07) is 7.59. The zero-order valence-corrected chi connectivity index (χ0v) is 17.3. The van der Waals surface area contributed by atoms with E-state index in [4.69, 9.17) is 9.47 Å². The fourth-order valence-electron chi connectivity index (χ4n) is 4.47. The molecule has 1 saturated carbocycles. The van der Waals surface area contributed by atoms with Crippen LogP contribution in [0.5, 0.6) is 5.75 Å². The van der Waals surface area contributed by atoms with Crippen molar-refractivity contribution >= 4 is 17.7 Å². The van der Waals surface area contributed by atoms with Crippen LogP contribution in [-0.4, -0.2) is 48.9 Å². The first-order valence-electron chi connectivity index (χ1n) is 9.72.